The van der Waals surface area contributed by atoms with Gasteiger partial charge in [0.2, 0.25) is 15.9 Å². The molecule has 0 unspecified atom stereocenters. The molecule has 8 nitrogen and oxygen atoms in total. The molecule has 2 saturated carbocycles. The molecule has 9 heteroatoms. The molecular formula is C28H33N3O5S. The van der Waals surface area contributed by atoms with Crippen LogP contribution < -0.4 is 5.32 Å². The van der Waals surface area contributed by atoms with Gasteiger partial charge in [0.15, 0.2) is 0 Å². The average Bonchev–Trinajstić information content (AvgIpc) is 3.15. The molecule has 0 atom stereocenters. The average molecular weight is 524 g/mol. The fourth-order valence-electron chi connectivity index (χ4n) is 5.92. The van der Waals surface area contributed by atoms with Crippen LogP contribution >= 0.6 is 0 Å². The Kier molecular flexibility index (Phi) is 7.44. The van der Waals surface area contributed by atoms with E-state index < -0.39 is 34.3 Å². The van der Waals surface area contributed by atoms with Gasteiger partial charge in [0, 0.05) is 17.8 Å². The van der Waals surface area contributed by atoms with Gasteiger partial charge in [-0.25, -0.2) is 8.42 Å². The summed E-state index contributed by atoms with van der Waals surface area (Å²) < 4.78 is 29.5. The topological polar surface area (TPSA) is 104 Å². The lowest BCUT2D eigenvalue weighted by Gasteiger charge is -2.40. The number of anilines is 1. The van der Waals surface area contributed by atoms with Crippen LogP contribution in [-0.4, -0.2) is 54.0 Å². The molecule has 2 aliphatic carbocycles. The van der Waals surface area contributed by atoms with Gasteiger partial charge in [-0.15, -0.1) is 0 Å². The molecule has 5 rings (SSSR count). The first-order chi connectivity index (χ1) is 17.9. The number of benzene rings is 2. The van der Waals surface area contributed by atoms with E-state index in [0.29, 0.717) is 5.69 Å². The normalized spacial score (nSPS) is 19.3. The Morgan fingerprint density at radius 1 is 0.784 bits per heavy atom. The molecule has 0 radical (unpaired) electrons. The van der Waals surface area contributed by atoms with E-state index in [-0.39, 0.29) is 28.1 Å². The third kappa shape index (κ3) is 5.20. The predicted octanol–water partition coefficient (Wildman–Crippen LogP) is 4.58. The molecule has 1 aliphatic heterocycles. The van der Waals surface area contributed by atoms with Crippen molar-refractivity contribution in [2.75, 3.05) is 11.9 Å². The van der Waals surface area contributed by atoms with Crippen molar-refractivity contribution in [2.45, 2.75) is 81.2 Å². The summed E-state index contributed by atoms with van der Waals surface area (Å²) in [4.78, 5) is 38.8. The lowest BCUT2D eigenvalue weighted by atomic mass is 9.91. The fraction of sp³-hybridized carbons (Fsp3) is 0.464. The Morgan fingerprint density at radius 2 is 1.27 bits per heavy atom. The van der Waals surface area contributed by atoms with Crippen molar-refractivity contribution in [3.8, 4) is 0 Å². The maximum atomic E-state index is 13.8. The number of hydrogen-bond donors (Lipinski definition) is 1. The van der Waals surface area contributed by atoms with Crippen LogP contribution in [0.1, 0.15) is 84.9 Å². The molecule has 3 aliphatic rings. The molecule has 196 valence electrons. The van der Waals surface area contributed by atoms with E-state index >= 15 is 0 Å². The number of fused-ring (bicyclic) bond motifs is 1. The Labute approximate surface area is 218 Å². The molecule has 37 heavy (non-hydrogen) atoms. The van der Waals surface area contributed by atoms with Gasteiger partial charge in [0.25, 0.3) is 11.8 Å². The Balaban J connectivity index is 1.28. The van der Waals surface area contributed by atoms with E-state index in [9.17, 15) is 22.8 Å². The van der Waals surface area contributed by atoms with Crippen LogP contribution in [0, 0.1) is 0 Å². The van der Waals surface area contributed by atoms with Gasteiger partial charge in [-0.1, -0.05) is 50.7 Å². The van der Waals surface area contributed by atoms with Crippen molar-refractivity contribution in [3.63, 3.8) is 0 Å². The van der Waals surface area contributed by atoms with Crippen molar-refractivity contribution < 1.29 is 22.8 Å². The molecule has 2 fully saturated rings. The fourth-order valence-corrected chi connectivity index (χ4v) is 7.85. The van der Waals surface area contributed by atoms with Gasteiger partial charge in [0.1, 0.15) is 6.54 Å². The SMILES string of the molecule is O=C(CN1C(=O)c2ccccc2C1=O)Nc1ccc(S(=O)(=O)N(C2CCCCC2)C2CCCCC2)cc1. The lowest BCUT2D eigenvalue weighted by Crippen LogP contribution is -2.48. The minimum absolute atomic E-state index is 0.0425. The molecule has 0 saturated heterocycles. The third-order valence-electron chi connectivity index (χ3n) is 7.76. The molecule has 2 aromatic carbocycles. The quantitative estimate of drug-likeness (QED) is 0.535. The highest BCUT2D eigenvalue weighted by Gasteiger charge is 2.38. The third-order valence-corrected chi connectivity index (χ3v) is 9.78. The van der Waals surface area contributed by atoms with Crippen molar-refractivity contribution in [1.82, 2.24) is 9.21 Å². The smallest absolute Gasteiger partial charge is 0.262 e. The van der Waals surface area contributed by atoms with E-state index in [4.69, 9.17) is 0 Å². The predicted molar refractivity (Wildman–Crippen MR) is 140 cm³/mol. The zero-order valence-corrected chi connectivity index (χ0v) is 21.7. The zero-order valence-electron chi connectivity index (χ0n) is 20.9. The number of imide groups is 1. The van der Waals surface area contributed by atoms with E-state index in [0.717, 1.165) is 69.1 Å². The van der Waals surface area contributed by atoms with E-state index in [1.807, 2.05) is 0 Å². The summed E-state index contributed by atoms with van der Waals surface area (Å²) in [7, 11) is -3.69. The molecule has 0 spiro atoms. The molecule has 0 aromatic heterocycles. The Bertz CT molecular complexity index is 1230. The lowest BCUT2D eigenvalue weighted by molar-refractivity contribution is -0.116. The van der Waals surface area contributed by atoms with E-state index in [2.05, 4.69) is 5.32 Å². The summed E-state index contributed by atoms with van der Waals surface area (Å²) >= 11 is 0. The number of sulfonamides is 1. The molecule has 1 N–H and O–H groups in total. The second-order valence-corrected chi connectivity index (χ2v) is 12.1. The number of carbonyl (C=O) groups is 3. The molecule has 3 amide bonds. The summed E-state index contributed by atoms with van der Waals surface area (Å²) in [5.74, 6) is -1.53. The summed E-state index contributed by atoms with van der Waals surface area (Å²) in [6.07, 6.45) is 10.2. The minimum atomic E-state index is -3.69. The molecule has 1 heterocycles. The van der Waals surface area contributed by atoms with Gasteiger partial charge in [0.05, 0.1) is 16.0 Å². The maximum absolute atomic E-state index is 13.8. The molecule has 2 aromatic rings. The second-order valence-electron chi connectivity index (χ2n) is 10.2. The minimum Gasteiger partial charge on any atom is -0.325 e. The van der Waals surface area contributed by atoms with Crippen molar-refractivity contribution in [1.29, 1.82) is 0 Å². The first kappa shape index (κ1) is 25.6. The summed E-state index contributed by atoms with van der Waals surface area (Å²) in [5.41, 5.74) is 0.980. The Hall–Kier alpha value is -3.04. The number of hydrogen-bond acceptors (Lipinski definition) is 5. The standard InChI is InChI=1S/C28H33N3O5S/c32-26(19-30-27(33)24-13-7-8-14-25(24)28(30)34)29-20-15-17-23(18-16-20)37(35,36)31(21-9-3-1-4-10-21)22-11-5-2-6-12-22/h7-8,13-18,21-22H,1-6,9-12,19H2,(H,29,32). The number of nitrogens with zero attached hydrogens (tertiary/aromatic N) is 2. The highest BCUT2D eigenvalue weighted by atomic mass is 32.2. The van der Waals surface area contributed by atoms with Crippen LogP contribution in [0.5, 0.6) is 0 Å². The monoisotopic (exact) mass is 523 g/mol. The van der Waals surface area contributed by atoms with Crippen LogP contribution in [0.4, 0.5) is 5.69 Å². The van der Waals surface area contributed by atoms with Gasteiger partial charge >= 0.3 is 0 Å². The van der Waals surface area contributed by atoms with Gasteiger partial charge in [-0.3, -0.25) is 19.3 Å². The molecule has 0 bridgehead atoms. The largest absolute Gasteiger partial charge is 0.325 e. The van der Waals surface area contributed by atoms with Crippen LogP contribution in [0.2, 0.25) is 0 Å². The second kappa shape index (κ2) is 10.8. The van der Waals surface area contributed by atoms with Crippen molar-refractivity contribution in [3.05, 3.63) is 59.7 Å². The van der Waals surface area contributed by atoms with E-state index in [1.54, 1.807) is 40.7 Å². The highest BCUT2D eigenvalue weighted by Crippen LogP contribution is 2.35. The summed E-state index contributed by atoms with van der Waals surface area (Å²) in [6, 6.07) is 12.8. The van der Waals surface area contributed by atoms with Crippen LogP contribution in [0.25, 0.3) is 0 Å². The highest BCUT2D eigenvalue weighted by molar-refractivity contribution is 7.89. The molecular weight excluding hydrogens is 490 g/mol. The van der Waals surface area contributed by atoms with Gasteiger partial charge < -0.3 is 5.32 Å². The van der Waals surface area contributed by atoms with E-state index in [1.165, 1.54) is 12.1 Å². The number of nitrogens with one attached hydrogen (secondary N) is 1. The van der Waals surface area contributed by atoms with Crippen molar-refractivity contribution in [2.24, 2.45) is 0 Å². The van der Waals surface area contributed by atoms with Crippen LogP contribution in [0.3, 0.4) is 0 Å². The zero-order chi connectivity index (χ0) is 26.0. The van der Waals surface area contributed by atoms with Crippen LogP contribution in [-0.2, 0) is 14.8 Å². The number of carbonyl (C=O) groups excluding carboxylic acids is 3. The van der Waals surface area contributed by atoms with Crippen molar-refractivity contribution >= 4 is 33.4 Å². The first-order valence-electron chi connectivity index (χ1n) is 13.2. The maximum Gasteiger partial charge on any atom is 0.262 e. The summed E-state index contributed by atoms with van der Waals surface area (Å²) in [5, 5.41) is 2.68. The Morgan fingerprint density at radius 3 is 1.76 bits per heavy atom. The first-order valence-corrected chi connectivity index (χ1v) is 14.7. The van der Waals surface area contributed by atoms with Crippen LogP contribution in [0.15, 0.2) is 53.4 Å². The number of rotatable bonds is 7. The summed E-state index contributed by atoms with van der Waals surface area (Å²) in [6.45, 7) is -0.413. The van der Waals surface area contributed by atoms with Gasteiger partial charge in [-0.2, -0.15) is 4.31 Å². The van der Waals surface area contributed by atoms with Gasteiger partial charge in [-0.05, 0) is 62.1 Å². The number of amides is 3.